The molecule has 1 aliphatic heterocycles. The lowest BCUT2D eigenvalue weighted by molar-refractivity contribution is 0.672. The lowest BCUT2D eigenvalue weighted by atomic mass is 10.2. The molecule has 0 aromatic carbocycles. The van der Waals surface area contributed by atoms with Crippen LogP contribution >= 0.6 is 0 Å². The van der Waals surface area contributed by atoms with Gasteiger partial charge in [-0.1, -0.05) is 6.92 Å². The molecule has 94 valence electrons. The van der Waals surface area contributed by atoms with Crippen molar-refractivity contribution >= 4 is 16.6 Å². The molecular formula is C12H19N3OS. The molecule has 1 aromatic rings. The van der Waals surface area contributed by atoms with E-state index in [1.807, 2.05) is 12.3 Å². The molecular weight excluding hydrogens is 234 g/mol. The van der Waals surface area contributed by atoms with Gasteiger partial charge in [0.1, 0.15) is 5.82 Å². The first-order valence-electron chi connectivity index (χ1n) is 6.05. The molecule has 0 spiro atoms. The van der Waals surface area contributed by atoms with Gasteiger partial charge in [0.15, 0.2) is 0 Å². The predicted molar refractivity (Wildman–Crippen MR) is 71.7 cm³/mol. The fourth-order valence-electron chi connectivity index (χ4n) is 1.88. The van der Waals surface area contributed by atoms with Crippen LogP contribution < -0.4 is 10.2 Å². The fraction of sp³-hybridized carbons (Fsp3) is 0.583. The third-order valence-electron chi connectivity index (χ3n) is 2.89. The van der Waals surface area contributed by atoms with Gasteiger partial charge < -0.3 is 10.2 Å². The number of rotatable bonds is 4. The second-order valence-electron chi connectivity index (χ2n) is 4.14. The first-order valence-corrected chi connectivity index (χ1v) is 7.54. The Labute approximate surface area is 105 Å². The van der Waals surface area contributed by atoms with E-state index in [2.05, 4.69) is 28.2 Å². The Balaban J connectivity index is 2.02. The highest BCUT2D eigenvalue weighted by Gasteiger charge is 2.16. The van der Waals surface area contributed by atoms with E-state index in [9.17, 15) is 4.21 Å². The van der Waals surface area contributed by atoms with E-state index in [1.54, 1.807) is 0 Å². The molecule has 1 aromatic heterocycles. The summed E-state index contributed by atoms with van der Waals surface area (Å²) in [6.45, 7) is 5.66. The number of anilines is 1. The molecule has 0 saturated carbocycles. The summed E-state index contributed by atoms with van der Waals surface area (Å²) < 4.78 is 11.3. The van der Waals surface area contributed by atoms with Crippen molar-refractivity contribution in [3.8, 4) is 0 Å². The van der Waals surface area contributed by atoms with Crippen molar-refractivity contribution < 1.29 is 4.21 Å². The monoisotopic (exact) mass is 253 g/mol. The maximum Gasteiger partial charge on any atom is 0.128 e. The SMILES string of the molecule is CCNCc1ccnc(N2CCS(=O)CC2)c1. The van der Waals surface area contributed by atoms with Crippen LogP contribution in [0.15, 0.2) is 18.3 Å². The predicted octanol–water partition coefficient (Wildman–Crippen LogP) is 0.760. The maximum atomic E-state index is 11.3. The van der Waals surface area contributed by atoms with E-state index in [1.165, 1.54) is 5.56 Å². The van der Waals surface area contributed by atoms with Gasteiger partial charge in [0.05, 0.1) is 0 Å². The van der Waals surface area contributed by atoms with E-state index < -0.39 is 10.8 Å². The average Bonchev–Trinajstić information content (AvgIpc) is 2.37. The van der Waals surface area contributed by atoms with Crippen molar-refractivity contribution in [2.45, 2.75) is 13.5 Å². The first-order chi connectivity index (χ1) is 8.29. The molecule has 1 aliphatic rings. The fourth-order valence-corrected chi connectivity index (χ4v) is 2.93. The molecule has 1 N–H and O–H groups in total. The van der Waals surface area contributed by atoms with Crippen LogP contribution in [0.2, 0.25) is 0 Å². The van der Waals surface area contributed by atoms with E-state index in [-0.39, 0.29) is 0 Å². The van der Waals surface area contributed by atoms with Gasteiger partial charge in [0.2, 0.25) is 0 Å². The van der Waals surface area contributed by atoms with Crippen LogP contribution in [-0.4, -0.2) is 40.3 Å². The topological polar surface area (TPSA) is 45.2 Å². The summed E-state index contributed by atoms with van der Waals surface area (Å²) in [5.41, 5.74) is 1.25. The Morgan fingerprint density at radius 1 is 1.47 bits per heavy atom. The minimum atomic E-state index is -0.627. The number of hydrogen-bond acceptors (Lipinski definition) is 4. The van der Waals surface area contributed by atoms with Crippen LogP contribution in [0.1, 0.15) is 12.5 Å². The van der Waals surface area contributed by atoms with Crippen molar-refractivity contribution in [1.29, 1.82) is 0 Å². The zero-order valence-corrected chi connectivity index (χ0v) is 11.0. The van der Waals surface area contributed by atoms with Crippen LogP contribution in [0.3, 0.4) is 0 Å². The lowest BCUT2D eigenvalue weighted by Crippen LogP contribution is -2.38. The van der Waals surface area contributed by atoms with Crippen molar-refractivity contribution in [1.82, 2.24) is 10.3 Å². The minimum absolute atomic E-state index is 0.627. The molecule has 0 aliphatic carbocycles. The first kappa shape index (κ1) is 12.5. The van der Waals surface area contributed by atoms with Gasteiger partial charge in [0.25, 0.3) is 0 Å². The molecule has 0 atom stereocenters. The second kappa shape index (κ2) is 6.12. The molecule has 2 rings (SSSR count). The molecule has 0 unspecified atom stereocenters. The summed E-state index contributed by atoms with van der Waals surface area (Å²) >= 11 is 0. The Kier molecular flexibility index (Phi) is 4.50. The second-order valence-corrected chi connectivity index (χ2v) is 5.83. The van der Waals surface area contributed by atoms with Gasteiger partial charge in [-0.3, -0.25) is 4.21 Å². The molecule has 17 heavy (non-hydrogen) atoms. The molecule has 2 heterocycles. The Hall–Kier alpha value is -0.940. The minimum Gasteiger partial charge on any atom is -0.355 e. The van der Waals surface area contributed by atoms with E-state index in [0.29, 0.717) is 0 Å². The highest BCUT2D eigenvalue weighted by Crippen LogP contribution is 2.14. The van der Waals surface area contributed by atoms with Gasteiger partial charge >= 0.3 is 0 Å². The molecule has 1 saturated heterocycles. The molecule has 0 bridgehead atoms. The maximum absolute atomic E-state index is 11.3. The standard InChI is InChI=1S/C12H19N3OS/c1-2-13-10-11-3-4-14-12(9-11)15-5-7-17(16)8-6-15/h3-4,9,13H,2,5-8,10H2,1H3. The highest BCUT2D eigenvalue weighted by molar-refractivity contribution is 7.85. The van der Waals surface area contributed by atoms with Gasteiger partial charge in [-0.05, 0) is 24.2 Å². The zero-order chi connectivity index (χ0) is 12.1. The zero-order valence-electron chi connectivity index (χ0n) is 10.2. The molecule has 1 fully saturated rings. The Morgan fingerprint density at radius 3 is 2.94 bits per heavy atom. The number of nitrogens with zero attached hydrogens (tertiary/aromatic N) is 2. The Morgan fingerprint density at radius 2 is 2.24 bits per heavy atom. The quantitative estimate of drug-likeness (QED) is 0.860. The lowest BCUT2D eigenvalue weighted by Gasteiger charge is -2.27. The largest absolute Gasteiger partial charge is 0.355 e. The summed E-state index contributed by atoms with van der Waals surface area (Å²) in [5.74, 6) is 2.54. The molecule has 0 radical (unpaired) electrons. The van der Waals surface area contributed by atoms with Crippen molar-refractivity contribution in [2.75, 3.05) is 36.0 Å². The summed E-state index contributed by atoms with van der Waals surface area (Å²) in [6.07, 6.45) is 1.85. The third-order valence-corrected chi connectivity index (χ3v) is 4.17. The normalized spacial score (nSPS) is 17.4. The number of pyridine rings is 1. The van der Waals surface area contributed by atoms with Gasteiger partial charge in [-0.15, -0.1) is 0 Å². The van der Waals surface area contributed by atoms with Crippen LogP contribution in [0.4, 0.5) is 5.82 Å². The number of nitrogens with one attached hydrogen (secondary N) is 1. The molecule has 0 amide bonds. The van der Waals surface area contributed by atoms with Crippen LogP contribution in [0, 0.1) is 0 Å². The van der Waals surface area contributed by atoms with Crippen LogP contribution in [0.25, 0.3) is 0 Å². The van der Waals surface area contributed by atoms with Gasteiger partial charge in [-0.2, -0.15) is 0 Å². The van der Waals surface area contributed by atoms with Crippen LogP contribution in [-0.2, 0) is 17.3 Å². The van der Waals surface area contributed by atoms with E-state index in [0.717, 1.165) is 43.5 Å². The van der Waals surface area contributed by atoms with Crippen molar-refractivity contribution in [3.05, 3.63) is 23.9 Å². The van der Waals surface area contributed by atoms with Crippen LogP contribution in [0.5, 0.6) is 0 Å². The van der Waals surface area contributed by atoms with E-state index in [4.69, 9.17) is 0 Å². The molecule has 5 heteroatoms. The summed E-state index contributed by atoms with van der Waals surface area (Å²) in [6, 6.07) is 4.16. The van der Waals surface area contributed by atoms with Crippen molar-refractivity contribution in [3.63, 3.8) is 0 Å². The van der Waals surface area contributed by atoms with Gasteiger partial charge in [0, 0.05) is 48.1 Å². The summed E-state index contributed by atoms with van der Waals surface area (Å²) in [7, 11) is -0.627. The third kappa shape index (κ3) is 3.51. The summed E-state index contributed by atoms with van der Waals surface area (Å²) in [4.78, 5) is 6.61. The molecule has 4 nitrogen and oxygen atoms in total. The number of aromatic nitrogens is 1. The van der Waals surface area contributed by atoms with Gasteiger partial charge in [-0.25, -0.2) is 4.98 Å². The highest BCUT2D eigenvalue weighted by atomic mass is 32.2. The summed E-state index contributed by atoms with van der Waals surface area (Å²) in [5, 5.41) is 3.31. The van der Waals surface area contributed by atoms with Crippen molar-refractivity contribution in [2.24, 2.45) is 0 Å². The van der Waals surface area contributed by atoms with E-state index >= 15 is 0 Å². The smallest absolute Gasteiger partial charge is 0.128 e. The number of hydrogen-bond donors (Lipinski definition) is 1. The Bertz CT molecular complexity index is 387. The average molecular weight is 253 g/mol.